The molecule has 9 nitrogen and oxygen atoms in total. The van der Waals surface area contributed by atoms with Crippen molar-refractivity contribution in [2.75, 3.05) is 0 Å². The molecule has 2 amide bonds. The first-order valence-electron chi connectivity index (χ1n) is 9.18. The molecule has 1 fully saturated rings. The van der Waals surface area contributed by atoms with E-state index in [1.54, 1.807) is 42.5 Å². The lowest BCUT2D eigenvalue weighted by atomic mass is 10.0. The van der Waals surface area contributed by atoms with Gasteiger partial charge in [-0.15, -0.1) is 0 Å². The number of carbonyl (C=O) groups excluding carboxylic acids is 2. The van der Waals surface area contributed by atoms with Gasteiger partial charge in [-0.05, 0) is 22.8 Å². The fourth-order valence-electron chi connectivity index (χ4n) is 3.01. The number of hydroxylamine groups is 2. The number of hydrogen-bond acceptors (Lipinski definition) is 7. The largest absolute Gasteiger partial charge is 0.579 e. The number of hydrogen-bond donors (Lipinski definition) is 3. The molecule has 11 heteroatoms. The van der Waals surface area contributed by atoms with Gasteiger partial charge >= 0.3 is 18.0 Å². The molecule has 3 rings (SSSR count). The maximum atomic E-state index is 12.0. The second-order valence-corrected chi connectivity index (χ2v) is 9.00. The van der Waals surface area contributed by atoms with E-state index in [1.807, 2.05) is 6.07 Å². The van der Waals surface area contributed by atoms with Crippen LogP contribution >= 0.6 is 27.9 Å². The van der Waals surface area contributed by atoms with E-state index in [-0.39, 0.29) is 19.4 Å². The minimum atomic E-state index is -1.98. The number of carboxylic acids is 1. The Morgan fingerprint density at radius 2 is 1.97 bits per heavy atom. The van der Waals surface area contributed by atoms with Crippen molar-refractivity contribution in [1.29, 1.82) is 0 Å². The maximum absolute atomic E-state index is 12.0. The number of carboxylic acid groups (broad SMARTS) is 1. The molecular formula is C20H19BrN2O7S. The molecule has 3 atom stereocenters. The van der Waals surface area contributed by atoms with Crippen molar-refractivity contribution in [2.45, 2.75) is 30.7 Å². The van der Waals surface area contributed by atoms with Crippen LogP contribution in [-0.2, 0) is 27.4 Å². The van der Waals surface area contributed by atoms with Crippen LogP contribution in [0.5, 0.6) is 0 Å². The van der Waals surface area contributed by atoms with Gasteiger partial charge in [0.15, 0.2) is 0 Å². The summed E-state index contributed by atoms with van der Waals surface area (Å²) in [7, 11) is 0. The number of halogens is 1. The molecule has 0 aromatic heterocycles. The number of nitrogens with zero attached hydrogens (tertiary/aromatic N) is 1. The minimum Gasteiger partial charge on any atom is -0.579 e. The Morgan fingerprint density at radius 1 is 1.26 bits per heavy atom. The minimum absolute atomic E-state index is 0.00700. The topological polar surface area (TPSA) is 136 Å². The molecule has 2 aromatic carbocycles. The zero-order valence-electron chi connectivity index (χ0n) is 16.1. The SMILES string of the molecule is O=C(N[C@@H](Cc1ccc(C2CC(=O)[N+]([O-])(O)S2)c(Br)c1)C(=O)O)OCc1ccccc1. The highest BCUT2D eigenvalue weighted by molar-refractivity contribution is 9.10. The number of quaternary nitrogens is 1. The normalized spacial score (nSPS) is 21.5. The number of ether oxygens (including phenoxy) is 1. The molecule has 0 aliphatic carbocycles. The number of benzene rings is 2. The zero-order chi connectivity index (χ0) is 22.6. The van der Waals surface area contributed by atoms with Crippen LogP contribution in [0.4, 0.5) is 4.79 Å². The number of carbonyl (C=O) groups is 3. The van der Waals surface area contributed by atoms with Gasteiger partial charge in [-0.3, -0.25) is 0 Å². The summed E-state index contributed by atoms with van der Waals surface area (Å²) in [5.74, 6) is -2.06. The van der Waals surface area contributed by atoms with Crippen molar-refractivity contribution in [2.24, 2.45) is 0 Å². The van der Waals surface area contributed by atoms with Gasteiger partial charge in [-0.25, -0.2) is 14.4 Å². The van der Waals surface area contributed by atoms with Gasteiger partial charge in [-0.2, -0.15) is 5.21 Å². The van der Waals surface area contributed by atoms with E-state index in [2.05, 4.69) is 21.2 Å². The van der Waals surface area contributed by atoms with Crippen molar-refractivity contribution in [1.82, 2.24) is 5.32 Å². The van der Waals surface area contributed by atoms with E-state index < -0.39 is 33.5 Å². The number of rotatable bonds is 7. The summed E-state index contributed by atoms with van der Waals surface area (Å²) in [6.07, 6.45) is -0.970. The second-order valence-electron chi connectivity index (χ2n) is 6.87. The monoisotopic (exact) mass is 510 g/mol. The highest BCUT2D eigenvalue weighted by Gasteiger charge is 2.44. The molecule has 1 saturated heterocycles. The van der Waals surface area contributed by atoms with Crippen molar-refractivity contribution in [3.05, 3.63) is 74.9 Å². The summed E-state index contributed by atoms with van der Waals surface area (Å²) in [5, 5.41) is 32.4. The van der Waals surface area contributed by atoms with Crippen LogP contribution in [0, 0.1) is 5.21 Å². The van der Waals surface area contributed by atoms with Crippen molar-refractivity contribution in [3.8, 4) is 0 Å². The Hall–Kier alpha value is -2.44. The lowest BCUT2D eigenvalue weighted by Crippen LogP contribution is -2.42. The Bertz CT molecular complexity index is 987. The second kappa shape index (κ2) is 9.79. The molecular weight excluding hydrogens is 492 g/mol. The molecule has 2 aromatic rings. The van der Waals surface area contributed by atoms with Crippen LogP contribution < -0.4 is 5.32 Å². The number of amides is 2. The highest BCUT2D eigenvalue weighted by atomic mass is 79.9. The molecule has 164 valence electrons. The Labute approximate surface area is 190 Å². The predicted molar refractivity (Wildman–Crippen MR) is 114 cm³/mol. The summed E-state index contributed by atoms with van der Waals surface area (Å²) in [4.78, 5) is 35.2. The van der Waals surface area contributed by atoms with Crippen LogP contribution in [0.15, 0.2) is 53.0 Å². The Kier molecular flexibility index (Phi) is 7.34. The van der Waals surface area contributed by atoms with Crippen LogP contribution in [0.1, 0.15) is 28.4 Å². The summed E-state index contributed by atoms with van der Waals surface area (Å²) < 4.78 is 3.66. The molecule has 0 bridgehead atoms. The fraction of sp³-hybridized carbons (Fsp3) is 0.250. The van der Waals surface area contributed by atoms with Crippen molar-refractivity contribution >= 4 is 45.8 Å². The van der Waals surface area contributed by atoms with Gasteiger partial charge in [0.2, 0.25) is 0 Å². The zero-order valence-corrected chi connectivity index (χ0v) is 18.5. The fourth-order valence-corrected chi connectivity index (χ4v) is 4.94. The van der Waals surface area contributed by atoms with Gasteiger partial charge in [0.05, 0.1) is 6.42 Å². The average molecular weight is 511 g/mol. The average Bonchev–Trinajstić information content (AvgIpc) is 2.99. The van der Waals surface area contributed by atoms with Crippen LogP contribution in [-0.4, -0.2) is 38.5 Å². The smallest absolute Gasteiger partial charge is 0.408 e. The number of aliphatic carboxylic acids is 1. The van der Waals surface area contributed by atoms with Crippen LogP contribution in [0.2, 0.25) is 0 Å². The molecule has 31 heavy (non-hydrogen) atoms. The molecule has 1 aliphatic heterocycles. The summed E-state index contributed by atoms with van der Waals surface area (Å²) in [5.41, 5.74) is 2.01. The molecule has 1 aliphatic rings. The number of nitrogens with one attached hydrogen (secondary N) is 1. The predicted octanol–water partition coefficient (Wildman–Crippen LogP) is 3.69. The van der Waals surface area contributed by atoms with E-state index in [9.17, 15) is 29.9 Å². The van der Waals surface area contributed by atoms with Crippen LogP contribution in [0.3, 0.4) is 0 Å². The van der Waals surface area contributed by atoms with E-state index in [4.69, 9.17) is 4.74 Å². The quantitative estimate of drug-likeness (QED) is 0.222. The standard InChI is InChI=1S/C20H19BrN2O7S/c21-15-8-13(6-7-14(15)17-10-18(24)23(28,29)31-17)9-16(19(25)26)22-20(27)30-11-12-4-2-1-3-5-12/h1-8,16-17,28H,9-11H2,(H,22,27)(H,25,26)/t16-,17?/m0/s1. The third-order valence-corrected chi connectivity index (χ3v) is 6.45. The molecule has 0 radical (unpaired) electrons. The summed E-state index contributed by atoms with van der Waals surface area (Å²) in [6.45, 7) is 0.0155. The summed E-state index contributed by atoms with van der Waals surface area (Å²) >= 11 is 3.94. The van der Waals surface area contributed by atoms with Gasteiger partial charge in [-0.1, -0.05) is 62.6 Å². The van der Waals surface area contributed by atoms with E-state index in [0.29, 0.717) is 27.5 Å². The van der Waals surface area contributed by atoms with Gasteiger partial charge in [0, 0.05) is 10.9 Å². The first-order valence-corrected chi connectivity index (χ1v) is 10.8. The summed E-state index contributed by atoms with van der Waals surface area (Å²) in [6, 6.07) is 12.7. The molecule has 3 N–H and O–H groups in total. The molecule has 1 heterocycles. The first kappa shape index (κ1) is 23.2. The van der Waals surface area contributed by atoms with E-state index in [1.165, 1.54) is 0 Å². The number of alkyl carbamates (subject to hydrolysis) is 1. The first-order chi connectivity index (χ1) is 14.7. The lowest BCUT2D eigenvalue weighted by molar-refractivity contribution is -0.880. The molecule has 0 saturated carbocycles. The van der Waals surface area contributed by atoms with Gasteiger partial charge in [0.1, 0.15) is 29.8 Å². The van der Waals surface area contributed by atoms with E-state index >= 15 is 0 Å². The van der Waals surface area contributed by atoms with Crippen molar-refractivity contribution < 1.29 is 33.6 Å². The molecule has 2 unspecified atom stereocenters. The van der Waals surface area contributed by atoms with Crippen LogP contribution in [0.25, 0.3) is 0 Å². The van der Waals surface area contributed by atoms with Gasteiger partial charge in [0.25, 0.3) is 0 Å². The van der Waals surface area contributed by atoms with Crippen molar-refractivity contribution in [3.63, 3.8) is 0 Å². The Balaban J connectivity index is 1.62. The third-order valence-electron chi connectivity index (χ3n) is 4.60. The van der Waals surface area contributed by atoms with Gasteiger partial charge < -0.3 is 20.4 Å². The third kappa shape index (κ3) is 6.05. The Morgan fingerprint density at radius 3 is 2.55 bits per heavy atom. The maximum Gasteiger partial charge on any atom is 0.408 e. The lowest BCUT2D eigenvalue weighted by Gasteiger charge is -2.22. The highest BCUT2D eigenvalue weighted by Crippen LogP contribution is 2.47. The molecule has 0 spiro atoms. The van der Waals surface area contributed by atoms with E-state index in [0.717, 1.165) is 5.56 Å².